The quantitative estimate of drug-likeness (QED) is 0.852. The molecule has 0 saturated carbocycles. The zero-order chi connectivity index (χ0) is 15.2. The van der Waals surface area contributed by atoms with Gasteiger partial charge in [-0.15, -0.1) is 0 Å². The molecule has 0 fully saturated rings. The van der Waals surface area contributed by atoms with Gasteiger partial charge in [0, 0.05) is 30.1 Å². The van der Waals surface area contributed by atoms with Crippen LogP contribution >= 0.6 is 0 Å². The van der Waals surface area contributed by atoms with Crippen molar-refractivity contribution < 1.29 is 9.90 Å². The first-order chi connectivity index (χ1) is 10.1. The minimum Gasteiger partial charge on any atom is -0.480 e. The smallest absolute Gasteiger partial charge is 0.320 e. The van der Waals surface area contributed by atoms with Gasteiger partial charge in [0.05, 0.1) is 0 Å². The Morgan fingerprint density at radius 3 is 2.33 bits per heavy atom. The zero-order valence-electron chi connectivity index (χ0n) is 12.2. The standard InChI is InChI=1S/C16H19N3O2/c1-11(2)14(16(20)21)17-8-12-9-18-15(19-10-12)13-6-4-3-5-7-13/h3-7,9-11,14,17H,8H2,1-2H3,(H,20,21)/t14-/m1/s1. The van der Waals surface area contributed by atoms with Crippen molar-refractivity contribution in [3.05, 3.63) is 48.3 Å². The summed E-state index contributed by atoms with van der Waals surface area (Å²) in [5.74, 6) is -0.156. The van der Waals surface area contributed by atoms with Gasteiger partial charge >= 0.3 is 5.97 Å². The monoisotopic (exact) mass is 285 g/mol. The molecule has 5 nitrogen and oxygen atoms in total. The van der Waals surface area contributed by atoms with Crippen LogP contribution in [0.4, 0.5) is 0 Å². The van der Waals surface area contributed by atoms with Crippen LogP contribution in [0.5, 0.6) is 0 Å². The van der Waals surface area contributed by atoms with Crippen molar-refractivity contribution >= 4 is 5.97 Å². The molecular weight excluding hydrogens is 266 g/mol. The van der Waals surface area contributed by atoms with Gasteiger partial charge in [0.1, 0.15) is 6.04 Å². The van der Waals surface area contributed by atoms with E-state index in [-0.39, 0.29) is 5.92 Å². The van der Waals surface area contributed by atoms with Crippen LogP contribution in [0, 0.1) is 5.92 Å². The normalized spacial score (nSPS) is 12.3. The van der Waals surface area contributed by atoms with Gasteiger partial charge in [-0.2, -0.15) is 0 Å². The largest absolute Gasteiger partial charge is 0.480 e. The lowest BCUT2D eigenvalue weighted by atomic mass is 10.0. The van der Waals surface area contributed by atoms with Crippen LogP contribution in [0.15, 0.2) is 42.7 Å². The van der Waals surface area contributed by atoms with Gasteiger partial charge in [-0.3, -0.25) is 10.1 Å². The number of carboxylic acid groups (broad SMARTS) is 1. The fourth-order valence-corrected chi connectivity index (χ4v) is 2.02. The summed E-state index contributed by atoms with van der Waals surface area (Å²) in [7, 11) is 0. The number of carbonyl (C=O) groups is 1. The summed E-state index contributed by atoms with van der Waals surface area (Å²) in [4.78, 5) is 19.7. The average Bonchev–Trinajstić information content (AvgIpc) is 2.48. The van der Waals surface area contributed by atoms with E-state index >= 15 is 0 Å². The highest BCUT2D eigenvalue weighted by Crippen LogP contribution is 2.13. The SMILES string of the molecule is CC(C)[C@@H](NCc1cnc(-c2ccccc2)nc1)C(=O)O. The number of nitrogens with zero attached hydrogens (tertiary/aromatic N) is 2. The molecule has 1 heterocycles. The maximum absolute atomic E-state index is 11.1. The maximum Gasteiger partial charge on any atom is 0.320 e. The number of benzene rings is 1. The molecule has 0 spiro atoms. The maximum atomic E-state index is 11.1. The molecule has 0 unspecified atom stereocenters. The van der Waals surface area contributed by atoms with E-state index in [0.29, 0.717) is 12.4 Å². The number of aromatic nitrogens is 2. The van der Waals surface area contributed by atoms with E-state index in [4.69, 9.17) is 5.11 Å². The lowest BCUT2D eigenvalue weighted by molar-refractivity contribution is -0.140. The molecule has 2 rings (SSSR count). The number of hydrogen-bond acceptors (Lipinski definition) is 4. The molecule has 1 aromatic carbocycles. The predicted octanol–water partition coefficient (Wildman–Crippen LogP) is 2.34. The summed E-state index contributed by atoms with van der Waals surface area (Å²) < 4.78 is 0. The van der Waals surface area contributed by atoms with Crippen molar-refractivity contribution in [1.29, 1.82) is 0 Å². The Labute approximate surface area is 124 Å². The van der Waals surface area contributed by atoms with Gasteiger partial charge < -0.3 is 5.11 Å². The van der Waals surface area contributed by atoms with Crippen molar-refractivity contribution in [2.45, 2.75) is 26.4 Å². The molecule has 1 atom stereocenters. The van der Waals surface area contributed by atoms with E-state index in [9.17, 15) is 4.79 Å². The van der Waals surface area contributed by atoms with Crippen LogP contribution < -0.4 is 5.32 Å². The first-order valence-electron chi connectivity index (χ1n) is 6.90. The second-order valence-electron chi connectivity index (χ2n) is 5.22. The van der Waals surface area contributed by atoms with Crippen LogP contribution in [0.1, 0.15) is 19.4 Å². The molecule has 110 valence electrons. The minimum absolute atomic E-state index is 0.0204. The molecule has 0 aliphatic carbocycles. The average molecular weight is 285 g/mol. The van der Waals surface area contributed by atoms with Crippen molar-refractivity contribution in [1.82, 2.24) is 15.3 Å². The zero-order valence-corrected chi connectivity index (χ0v) is 12.2. The fraction of sp³-hybridized carbons (Fsp3) is 0.312. The topological polar surface area (TPSA) is 75.1 Å². The molecule has 0 bridgehead atoms. The first-order valence-corrected chi connectivity index (χ1v) is 6.90. The van der Waals surface area contributed by atoms with E-state index in [1.54, 1.807) is 12.4 Å². The highest BCUT2D eigenvalue weighted by molar-refractivity contribution is 5.73. The Balaban J connectivity index is 2.01. The van der Waals surface area contributed by atoms with Crippen molar-refractivity contribution in [2.24, 2.45) is 5.92 Å². The summed E-state index contributed by atoms with van der Waals surface area (Å²) in [5.41, 5.74) is 1.82. The van der Waals surface area contributed by atoms with E-state index in [0.717, 1.165) is 11.1 Å². The van der Waals surface area contributed by atoms with Gasteiger partial charge in [0.15, 0.2) is 5.82 Å². The van der Waals surface area contributed by atoms with E-state index in [1.807, 2.05) is 44.2 Å². The molecule has 0 radical (unpaired) electrons. The summed E-state index contributed by atoms with van der Waals surface area (Å²) in [6.07, 6.45) is 3.45. The number of carboxylic acids is 1. The number of aliphatic carboxylic acids is 1. The molecule has 0 aliphatic heterocycles. The van der Waals surface area contributed by atoms with Crippen molar-refractivity contribution in [3.63, 3.8) is 0 Å². The third kappa shape index (κ3) is 4.10. The Bertz CT molecular complexity index is 582. The number of nitrogens with one attached hydrogen (secondary N) is 1. The van der Waals surface area contributed by atoms with Gasteiger partial charge in [0.25, 0.3) is 0 Å². The highest BCUT2D eigenvalue weighted by atomic mass is 16.4. The van der Waals surface area contributed by atoms with E-state index in [1.165, 1.54) is 0 Å². The van der Waals surface area contributed by atoms with Gasteiger partial charge in [-0.05, 0) is 5.92 Å². The van der Waals surface area contributed by atoms with E-state index < -0.39 is 12.0 Å². The third-order valence-electron chi connectivity index (χ3n) is 3.20. The number of hydrogen-bond donors (Lipinski definition) is 2. The molecule has 5 heteroatoms. The lowest BCUT2D eigenvalue weighted by Gasteiger charge is -2.17. The molecule has 0 aliphatic rings. The van der Waals surface area contributed by atoms with Crippen LogP contribution in [0.3, 0.4) is 0 Å². The van der Waals surface area contributed by atoms with Crippen molar-refractivity contribution in [3.8, 4) is 11.4 Å². The molecular formula is C16H19N3O2. The molecule has 0 amide bonds. The summed E-state index contributed by atoms with van der Waals surface area (Å²) in [5, 5.41) is 12.1. The second kappa shape index (κ2) is 6.95. The van der Waals surface area contributed by atoms with Gasteiger partial charge in [-0.1, -0.05) is 44.2 Å². The lowest BCUT2D eigenvalue weighted by Crippen LogP contribution is -2.40. The van der Waals surface area contributed by atoms with E-state index in [2.05, 4.69) is 15.3 Å². The Morgan fingerprint density at radius 1 is 1.19 bits per heavy atom. The van der Waals surface area contributed by atoms with Crippen LogP contribution in [-0.4, -0.2) is 27.1 Å². The van der Waals surface area contributed by atoms with Gasteiger partial charge in [-0.25, -0.2) is 9.97 Å². The summed E-state index contributed by atoms with van der Waals surface area (Å²) in [6.45, 7) is 4.19. The molecule has 2 aromatic rings. The summed E-state index contributed by atoms with van der Waals surface area (Å²) >= 11 is 0. The highest BCUT2D eigenvalue weighted by Gasteiger charge is 2.20. The molecule has 1 aromatic heterocycles. The third-order valence-corrected chi connectivity index (χ3v) is 3.20. The summed E-state index contributed by atoms with van der Waals surface area (Å²) in [6, 6.07) is 9.15. The fourth-order valence-electron chi connectivity index (χ4n) is 2.02. The van der Waals surface area contributed by atoms with Gasteiger partial charge in [0.2, 0.25) is 0 Å². The molecule has 0 saturated heterocycles. The Kier molecular flexibility index (Phi) is 5.00. The first kappa shape index (κ1) is 15.1. The van der Waals surface area contributed by atoms with Crippen molar-refractivity contribution in [2.75, 3.05) is 0 Å². The Morgan fingerprint density at radius 2 is 1.81 bits per heavy atom. The molecule has 2 N–H and O–H groups in total. The Hall–Kier alpha value is -2.27. The van der Waals surface area contributed by atoms with Crippen LogP contribution in [0.2, 0.25) is 0 Å². The number of rotatable bonds is 6. The predicted molar refractivity (Wildman–Crippen MR) is 80.6 cm³/mol. The molecule has 21 heavy (non-hydrogen) atoms. The van der Waals surface area contributed by atoms with Crippen LogP contribution in [0.25, 0.3) is 11.4 Å². The second-order valence-corrected chi connectivity index (χ2v) is 5.22. The van der Waals surface area contributed by atoms with Crippen LogP contribution in [-0.2, 0) is 11.3 Å². The minimum atomic E-state index is -0.841.